The van der Waals surface area contributed by atoms with Gasteiger partial charge >= 0.3 is 12.1 Å². The normalized spacial score (nSPS) is 15.2. The van der Waals surface area contributed by atoms with Crippen molar-refractivity contribution in [3.8, 4) is 5.75 Å². The highest BCUT2D eigenvalue weighted by Crippen LogP contribution is 2.38. The number of carbonyl (C=O) groups excluding carboxylic acids is 2. The lowest BCUT2D eigenvalue weighted by Crippen LogP contribution is -2.48. The molecular formula is C19H29N3O6. The van der Waals surface area contributed by atoms with E-state index in [1.54, 1.807) is 13.8 Å². The molecule has 0 saturated heterocycles. The molecule has 0 aromatic carbocycles. The molecule has 0 bridgehead atoms. The Morgan fingerprint density at radius 3 is 2.46 bits per heavy atom. The Kier molecular flexibility index (Phi) is 7.42. The Bertz CT molecular complexity index is 768. The number of unbranched alkanes of at least 4 members (excludes halogenated alkanes) is 1. The van der Waals surface area contributed by atoms with Gasteiger partial charge in [0.15, 0.2) is 5.69 Å². The Balaban J connectivity index is 2.49. The third kappa shape index (κ3) is 4.45. The van der Waals surface area contributed by atoms with Crippen LogP contribution in [0.2, 0.25) is 0 Å². The third-order valence-corrected chi connectivity index (χ3v) is 4.89. The first-order valence-corrected chi connectivity index (χ1v) is 9.86. The molecule has 156 valence electrons. The maximum atomic E-state index is 12.7. The minimum absolute atomic E-state index is 0.0826. The number of amides is 1. The number of rotatable bonds is 8. The highest BCUT2D eigenvalue weighted by atomic mass is 16.5. The molecule has 1 aliphatic carbocycles. The second-order valence-corrected chi connectivity index (χ2v) is 6.81. The number of hydrogen-bond donors (Lipinski definition) is 2. The van der Waals surface area contributed by atoms with Gasteiger partial charge in [-0.3, -0.25) is 9.36 Å². The summed E-state index contributed by atoms with van der Waals surface area (Å²) in [6.07, 6.45) is 3.82. The van der Waals surface area contributed by atoms with Crippen molar-refractivity contribution in [3.05, 3.63) is 21.9 Å². The number of aromatic nitrogens is 2. The minimum atomic E-state index is -0.937. The van der Waals surface area contributed by atoms with Crippen LogP contribution in [0.25, 0.3) is 0 Å². The van der Waals surface area contributed by atoms with Crippen LogP contribution >= 0.6 is 0 Å². The SMILES string of the molecule is CCCCOC(=O)NC1(c2nc(C(=O)OCC)c(O)c(=O)n2CC)CCCC1. The summed E-state index contributed by atoms with van der Waals surface area (Å²) in [5.74, 6) is -1.38. The molecule has 1 aromatic heterocycles. The third-order valence-electron chi connectivity index (χ3n) is 4.89. The Morgan fingerprint density at radius 1 is 1.21 bits per heavy atom. The van der Waals surface area contributed by atoms with E-state index in [0.717, 1.165) is 25.7 Å². The van der Waals surface area contributed by atoms with Crippen molar-refractivity contribution in [2.75, 3.05) is 13.2 Å². The van der Waals surface area contributed by atoms with Gasteiger partial charge in [-0.25, -0.2) is 14.6 Å². The largest absolute Gasteiger partial charge is 0.501 e. The maximum absolute atomic E-state index is 12.7. The summed E-state index contributed by atoms with van der Waals surface area (Å²) in [5, 5.41) is 13.0. The van der Waals surface area contributed by atoms with Crippen molar-refractivity contribution in [2.24, 2.45) is 0 Å². The van der Waals surface area contributed by atoms with Gasteiger partial charge in [-0.05, 0) is 33.1 Å². The van der Waals surface area contributed by atoms with Crippen LogP contribution in [-0.4, -0.2) is 39.9 Å². The van der Waals surface area contributed by atoms with Crippen LogP contribution in [0, 0.1) is 0 Å². The monoisotopic (exact) mass is 395 g/mol. The van der Waals surface area contributed by atoms with Gasteiger partial charge in [-0.2, -0.15) is 0 Å². The second kappa shape index (κ2) is 9.57. The van der Waals surface area contributed by atoms with Gasteiger partial charge in [0.2, 0.25) is 5.75 Å². The Labute approximate surface area is 164 Å². The van der Waals surface area contributed by atoms with Crippen LogP contribution in [0.3, 0.4) is 0 Å². The molecular weight excluding hydrogens is 366 g/mol. The Hall–Kier alpha value is -2.58. The number of hydrogen-bond acceptors (Lipinski definition) is 7. The van der Waals surface area contributed by atoms with Crippen LogP contribution in [0.15, 0.2) is 4.79 Å². The van der Waals surface area contributed by atoms with Crippen LogP contribution in [-0.2, 0) is 21.6 Å². The van der Waals surface area contributed by atoms with Gasteiger partial charge < -0.3 is 19.9 Å². The second-order valence-electron chi connectivity index (χ2n) is 6.81. The molecule has 0 aliphatic heterocycles. The maximum Gasteiger partial charge on any atom is 0.407 e. The fourth-order valence-corrected chi connectivity index (χ4v) is 3.47. The molecule has 1 aromatic rings. The zero-order valence-corrected chi connectivity index (χ0v) is 16.7. The van der Waals surface area contributed by atoms with E-state index in [-0.39, 0.29) is 19.0 Å². The smallest absolute Gasteiger partial charge is 0.407 e. The molecule has 1 aliphatic rings. The lowest BCUT2D eigenvalue weighted by molar-refractivity contribution is 0.0513. The first-order valence-electron chi connectivity index (χ1n) is 9.86. The summed E-state index contributed by atoms with van der Waals surface area (Å²) in [5.41, 5.74) is -2.10. The number of ether oxygens (including phenoxy) is 2. The molecule has 9 heteroatoms. The van der Waals surface area contributed by atoms with Crippen molar-refractivity contribution in [3.63, 3.8) is 0 Å². The lowest BCUT2D eigenvalue weighted by Gasteiger charge is -2.31. The van der Waals surface area contributed by atoms with E-state index in [9.17, 15) is 19.5 Å². The minimum Gasteiger partial charge on any atom is -0.501 e. The van der Waals surface area contributed by atoms with Gasteiger partial charge in [-0.1, -0.05) is 26.2 Å². The van der Waals surface area contributed by atoms with Gasteiger partial charge in [0.1, 0.15) is 11.4 Å². The van der Waals surface area contributed by atoms with Gasteiger partial charge in [0, 0.05) is 6.54 Å². The Morgan fingerprint density at radius 2 is 1.89 bits per heavy atom. The predicted octanol–water partition coefficient (Wildman–Crippen LogP) is 2.44. The molecule has 1 fully saturated rings. The molecule has 1 saturated carbocycles. The van der Waals surface area contributed by atoms with Crippen LogP contribution in [0.5, 0.6) is 5.75 Å². The van der Waals surface area contributed by atoms with Crippen molar-refractivity contribution >= 4 is 12.1 Å². The molecule has 2 N–H and O–H groups in total. The van der Waals surface area contributed by atoms with Crippen molar-refractivity contribution in [1.82, 2.24) is 14.9 Å². The number of aromatic hydroxyl groups is 1. The number of esters is 1. The zero-order chi connectivity index (χ0) is 20.7. The molecule has 0 unspecified atom stereocenters. The molecule has 0 radical (unpaired) electrons. The summed E-state index contributed by atoms with van der Waals surface area (Å²) < 4.78 is 11.4. The molecule has 1 amide bonds. The summed E-state index contributed by atoms with van der Waals surface area (Å²) in [7, 11) is 0. The quantitative estimate of drug-likeness (QED) is 0.512. The zero-order valence-electron chi connectivity index (χ0n) is 16.7. The highest BCUT2D eigenvalue weighted by molar-refractivity contribution is 5.90. The summed E-state index contributed by atoms with van der Waals surface area (Å²) in [4.78, 5) is 41.5. The van der Waals surface area contributed by atoms with Crippen LogP contribution in [0.1, 0.15) is 75.6 Å². The van der Waals surface area contributed by atoms with Gasteiger partial charge in [0.25, 0.3) is 5.56 Å². The summed E-state index contributed by atoms with van der Waals surface area (Å²) >= 11 is 0. The summed E-state index contributed by atoms with van der Waals surface area (Å²) in [6, 6.07) is 0. The van der Waals surface area contributed by atoms with E-state index >= 15 is 0 Å². The molecule has 2 rings (SSSR count). The highest BCUT2D eigenvalue weighted by Gasteiger charge is 2.42. The fraction of sp³-hybridized carbons (Fsp3) is 0.684. The number of nitrogens with one attached hydrogen (secondary N) is 1. The molecule has 0 atom stereocenters. The molecule has 0 spiro atoms. The van der Waals surface area contributed by atoms with E-state index in [4.69, 9.17) is 9.47 Å². The van der Waals surface area contributed by atoms with E-state index in [1.165, 1.54) is 4.57 Å². The van der Waals surface area contributed by atoms with Crippen molar-refractivity contribution < 1.29 is 24.2 Å². The lowest BCUT2D eigenvalue weighted by atomic mass is 9.95. The van der Waals surface area contributed by atoms with Gasteiger partial charge in [0.05, 0.1) is 13.2 Å². The van der Waals surface area contributed by atoms with E-state index in [0.29, 0.717) is 19.4 Å². The molecule has 9 nitrogen and oxygen atoms in total. The summed E-state index contributed by atoms with van der Waals surface area (Å²) in [6.45, 7) is 5.96. The van der Waals surface area contributed by atoms with Crippen molar-refractivity contribution in [2.45, 2.75) is 71.4 Å². The first-order chi connectivity index (χ1) is 13.4. The van der Waals surface area contributed by atoms with Crippen LogP contribution < -0.4 is 10.9 Å². The number of carbonyl (C=O) groups is 2. The topological polar surface area (TPSA) is 120 Å². The number of alkyl carbamates (subject to hydrolysis) is 1. The molecule has 28 heavy (non-hydrogen) atoms. The van der Waals surface area contributed by atoms with E-state index < -0.39 is 34.6 Å². The fourth-order valence-electron chi connectivity index (χ4n) is 3.47. The number of nitrogens with zero attached hydrogens (tertiary/aromatic N) is 2. The average molecular weight is 395 g/mol. The van der Waals surface area contributed by atoms with Crippen LogP contribution in [0.4, 0.5) is 4.79 Å². The van der Waals surface area contributed by atoms with E-state index in [2.05, 4.69) is 10.3 Å². The predicted molar refractivity (Wildman–Crippen MR) is 101 cm³/mol. The standard InChI is InChI=1S/C19H29N3O6/c1-4-7-12-28-18(26)21-19(10-8-9-11-19)17-20-13(16(25)27-6-3)14(23)15(24)22(17)5-2/h23H,4-12H2,1-3H3,(H,21,26). The average Bonchev–Trinajstić information content (AvgIpc) is 3.13. The van der Waals surface area contributed by atoms with Gasteiger partial charge in [-0.15, -0.1) is 0 Å². The van der Waals surface area contributed by atoms with Crippen molar-refractivity contribution in [1.29, 1.82) is 0 Å². The van der Waals surface area contributed by atoms with E-state index in [1.807, 2.05) is 6.92 Å². The first kappa shape index (κ1) is 21.7. The molecule has 1 heterocycles.